The Kier molecular flexibility index (Phi) is 5.40. The van der Waals surface area contributed by atoms with Crippen molar-refractivity contribution in [2.24, 2.45) is 0 Å². The van der Waals surface area contributed by atoms with Crippen LogP contribution in [0.15, 0.2) is 53.4 Å². The fourth-order valence-electron chi connectivity index (χ4n) is 2.86. The molecule has 0 atom stereocenters. The van der Waals surface area contributed by atoms with Crippen molar-refractivity contribution in [3.63, 3.8) is 0 Å². The zero-order valence-corrected chi connectivity index (χ0v) is 15.2. The Morgan fingerprint density at radius 1 is 1.00 bits per heavy atom. The molecule has 2 aromatic carbocycles. The molecule has 1 heterocycles. The van der Waals surface area contributed by atoms with Crippen LogP contribution in [-0.2, 0) is 16.6 Å². The number of nitriles is 1. The van der Waals surface area contributed by atoms with Crippen molar-refractivity contribution >= 4 is 21.6 Å². The summed E-state index contributed by atoms with van der Waals surface area (Å²) in [5.74, 6) is 0. The van der Waals surface area contributed by atoms with E-state index in [2.05, 4.69) is 11.0 Å². The van der Waals surface area contributed by atoms with Gasteiger partial charge in [-0.15, -0.1) is 0 Å². The van der Waals surface area contributed by atoms with Crippen LogP contribution in [0, 0.1) is 11.3 Å². The highest BCUT2D eigenvalue weighted by Gasteiger charge is 2.29. The van der Waals surface area contributed by atoms with E-state index >= 15 is 0 Å². The second kappa shape index (κ2) is 7.54. The molecule has 0 spiro atoms. The Bertz CT molecular complexity index is 883. The highest BCUT2D eigenvalue weighted by molar-refractivity contribution is 7.89. The van der Waals surface area contributed by atoms with Crippen LogP contribution in [-0.4, -0.2) is 43.8 Å². The maximum atomic E-state index is 12.7. The van der Waals surface area contributed by atoms with Gasteiger partial charge in [0.25, 0.3) is 0 Å². The van der Waals surface area contributed by atoms with Gasteiger partial charge in [0.15, 0.2) is 0 Å². The molecule has 7 heteroatoms. The fraction of sp³-hybridized carbons (Fsp3) is 0.278. The fourth-order valence-corrected chi connectivity index (χ4v) is 4.78. The average Bonchev–Trinajstić information content (AvgIpc) is 2.63. The SMILES string of the molecule is N#Cc1ccc(CN2CCN(S(=O)(=O)c3ccccc3Cl)CC2)cc1. The molecule has 3 rings (SSSR count). The van der Waals surface area contributed by atoms with Gasteiger partial charge >= 0.3 is 0 Å². The Hall–Kier alpha value is -1.91. The Morgan fingerprint density at radius 3 is 2.24 bits per heavy atom. The minimum absolute atomic E-state index is 0.164. The lowest BCUT2D eigenvalue weighted by molar-refractivity contribution is 0.181. The zero-order valence-electron chi connectivity index (χ0n) is 13.6. The number of rotatable bonds is 4. The van der Waals surface area contributed by atoms with E-state index in [4.69, 9.17) is 16.9 Å². The van der Waals surface area contributed by atoms with Crippen molar-refractivity contribution in [3.8, 4) is 6.07 Å². The van der Waals surface area contributed by atoms with Crippen LogP contribution >= 0.6 is 11.6 Å². The number of benzene rings is 2. The van der Waals surface area contributed by atoms with Crippen molar-refractivity contribution in [3.05, 3.63) is 64.7 Å². The standard InChI is InChI=1S/C18H18ClN3O2S/c19-17-3-1-2-4-18(17)25(23,24)22-11-9-21(10-12-22)14-16-7-5-15(13-20)6-8-16/h1-8H,9-12,14H2. The van der Waals surface area contributed by atoms with E-state index < -0.39 is 10.0 Å². The van der Waals surface area contributed by atoms with Crippen LogP contribution in [0.5, 0.6) is 0 Å². The van der Waals surface area contributed by atoms with Gasteiger partial charge in [-0.1, -0.05) is 35.9 Å². The molecule has 0 aliphatic carbocycles. The van der Waals surface area contributed by atoms with E-state index in [9.17, 15) is 8.42 Å². The first-order chi connectivity index (χ1) is 12.0. The molecule has 0 N–H and O–H groups in total. The van der Waals surface area contributed by atoms with Gasteiger partial charge in [0.05, 0.1) is 16.7 Å². The van der Waals surface area contributed by atoms with Gasteiger partial charge in [-0.25, -0.2) is 8.42 Å². The number of halogens is 1. The lowest BCUT2D eigenvalue weighted by atomic mass is 10.1. The van der Waals surface area contributed by atoms with Gasteiger partial charge in [0, 0.05) is 32.7 Å². The number of piperazine rings is 1. The summed E-state index contributed by atoms with van der Waals surface area (Å²) in [6.07, 6.45) is 0. The molecule has 1 aliphatic rings. The van der Waals surface area contributed by atoms with E-state index in [0.29, 0.717) is 31.7 Å². The second-order valence-corrected chi connectivity index (χ2v) is 8.23. The van der Waals surface area contributed by atoms with Gasteiger partial charge in [-0.3, -0.25) is 4.90 Å². The summed E-state index contributed by atoms with van der Waals surface area (Å²) in [7, 11) is -3.56. The topological polar surface area (TPSA) is 64.4 Å². The number of hydrogen-bond donors (Lipinski definition) is 0. The molecule has 1 fully saturated rings. The molecule has 0 amide bonds. The van der Waals surface area contributed by atoms with Crippen molar-refractivity contribution in [2.45, 2.75) is 11.4 Å². The third kappa shape index (κ3) is 4.02. The summed E-state index contributed by atoms with van der Waals surface area (Å²) in [6.45, 7) is 2.92. The Labute approximate surface area is 153 Å². The normalized spacial score (nSPS) is 16.5. The molecule has 25 heavy (non-hydrogen) atoms. The molecule has 5 nitrogen and oxygen atoms in total. The molecular weight excluding hydrogens is 358 g/mol. The minimum Gasteiger partial charge on any atom is -0.296 e. The first-order valence-electron chi connectivity index (χ1n) is 7.97. The minimum atomic E-state index is -3.56. The smallest absolute Gasteiger partial charge is 0.244 e. The van der Waals surface area contributed by atoms with Crippen LogP contribution in [0.2, 0.25) is 5.02 Å². The van der Waals surface area contributed by atoms with Gasteiger partial charge in [-0.2, -0.15) is 9.57 Å². The molecule has 1 aliphatic heterocycles. The maximum absolute atomic E-state index is 12.7. The molecule has 0 radical (unpaired) electrons. The number of sulfonamides is 1. The third-order valence-electron chi connectivity index (χ3n) is 4.27. The third-order valence-corrected chi connectivity index (χ3v) is 6.67. The highest BCUT2D eigenvalue weighted by atomic mass is 35.5. The molecule has 0 aromatic heterocycles. The molecule has 0 bridgehead atoms. The van der Waals surface area contributed by atoms with Crippen molar-refractivity contribution < 1.29 is 8.42 Å². The van der Waals surface area contributed by atoms with E-state index in [1.807, 2.05) is 12.1 Å². The van der Waals surface area contributed by atoms with Crippen LogP contribution in [0.25, 0.3) is 0 Å². The molecular formula is C18H18ClN3O2S. The largest absolute Gasteiger partial charge is 0.296 e. The molecule has 130 valence electrons. The van der Waals surface area contributed by atoms with Crippen molar-refractivity contribution in [2.75, 3.05) is 26.2 Å². The maximum Gasteiger partial charge on any atom is 0.244 e. The van der Waals surface area contributed by atoms with E-state index in [1.54, 1.807) is 36.4 Å². The lowest BCUT2D eigenvalue weighted by Crippen LogP contribution is -2.48. The van der Waals surface area contributed by atoms with Crippen LogP contribution in [0.1, 0.15) is 11.1 Å². The first kappa shape index (κ1) is 17.9. The van der Waals surface area contributed by atoms with Crippen molar-refractivity contribution in [1.82, 2.24) is 9.21 Å². The van der Waals surface area contributed by atoms with Gasteiger partial charge < -0.3 is 0 Å². The van der Waals surface area contributed by atoms with E-state index in [1.165, 1.54) is 4.31 Å². The predicted molar refractivity (Wildman–Crippen MR) is 96.6 cm³/mol. The van der Waals surface area contributed by atoms with Crippen LogP contribution < -0.4 is 0 Å². The number of nitrogens with zero attached hydrogens (tertiary/aromatic N) is 3. The number of hydrogen-bond acceptors (Lipinski definition) is 4. The monoisotopic (exact) mass is 375 g/mol. The zero-order chi connectivity index (χ0) is 17.9. The molecule has 1 saturated heterocycles. The van der Waals surface area contributed by atoms with Crippen molar-refractivity contribution in [1.29, 1.82) is 5.26 Å². The molecule has 0 saturated carbocycles. The summed E-state index contributed by atoms with van der Waals surface area (Å²) < 4.78 is 27.0. The first-order valence-corrected chi connectivity index (χ1v) is 9.78. The second-order valence-electron chi connectivity index (χ2n) is 5.92. The van der Waals surface area contributed by atoms with E-state index in [0.717, 1.165) is 12.1 Å². The van der Waals surface area contributed by atoms with Gasteiger partial charge in [0.1, 0.15) is 4.90 Å². The average molecular weight is 376 g/mol. The van der Waals surface area contributed by atoms with Gasteiger partial charge in [-0.05, 0) is 29.8 Å². The quantitative estimate of drug-likeness (QED) is 0.824. The van der Waals surface area contributed by atoms with Crippen LogP contribution in [0.4, 0.5) is 0 Å². The summed E-state index contributed by atoms with van der Waals surface area (Å²) in [6, 6.07) is 16.1. The summed E-state index contributed by atoms with van der Waals surface area (Å²) in [5.41, 5.74) is 1.75. The summed E-state index contributed by atoms with van der Waals surface area (Å²) in [4.78, 5) is 2.37. The highest BCUT2D eigenvalue weighted by Crippen LogP contribution is 2.25. The molecule has 0 unspecified atom stereocenters. The lowest BCUT2D eigenvalue weighted by Gasteiger charge is -2.34. The van der Waals surface area contributed by atoms with Gasteiger partial charge in [0.2, 0.25) is 10.0 Å². The summed E-state index contributed by atoms with van der Waals surface area (Å²) in [5, 5.41) is 9.09. The Morgan fingerprint density at radius 2 is 1.64 bits per heavy atom. The van der Waals surface area contributed by atoms with E-state index in [-0.39, 0.29) is 9.92 Å². The Balaban J connectivity index is 1.63. The predicted octanol–water partition coefficient (Wildman–Crippen LogP) is 2.72. The van der Waals surface area contributed by atoms with Crippen LogP contribution in [0.3, 0.4) is 0 Å². The summed E-state index contributed by atoms with van der Waals surface area (Å²) >= 11 is 6.05. The molecule has 2 aromatic rings.